The zero-order valence-corrected chi connectivity index (χ0v) is 22.5. The van der Waals surface area contributed by atoms with Gasteiger partial charge in [-0.1, -0.05) is 11.2 Å². The maximum atomic E-state index is 12.7. The van der Waals surface area contributed by atoms with Crippen LogP contribution in [0.15, 0.2) is 28.8 Å². The molecule has 1 aliphatic rings. The van der Waals surface area contributed by atoms with Crippen molar-refractivity contribution in [2.75, 3.05) is 38.4 Å². The van der Waals surface area contributed by atoms with Gasteiger partial charge in [0, 0.05) is 12.0 Å². The van der Waals surface area contributed by atoms with Crippen LogP contribution in [0.3, 0.4) is 0 Å². The number of hydrogen-bond acceptors (Lipinski definition) is 13. The number of hydrogen-bond donors (Lipinski definition) is 6. The van der Waals surface area contributed by atoms with Gasteiger partial charge in [0.2, 0.25) is 11.8 Å². The molecule has 3 amide bonds. The van der Waals surface area contributed by atoms with Crippen molar-refractivity contribution in [1.29, 1.82) is 0 Å². The van der Waals surface area contributed by atoms with Crippen LogP contribution in [-0.2, 0) is 16.1 Å². The number of methoxy groups -OCH3 is 1. The second kappa shape index (κ2) is 12.3. The van der Waals surface area contributed by atoms with E-state index in [0.717, 1.165) is 12.8 Å². The Morgan fingerprint density at radius 3 is 2.61 bits per heavy atom. The maximum Gasteiger partial charge on any atom is 0.277 e. The summed E-state index contributed by atoms with van der Waals surface area (Å²) < 4.78 is 11.0. The molecule has 0 atom stereocenters. The van der Waals surface area contributed by atoms with Gasteiger partial charge in [-0.3, -0.25) is 14.4 Å². The molecular weight excluding hydrogens is 537 g/mol. The molecule has 0 spiro atoms. The number of rotatable bonds is 12. The van der Waals surface area contributed by atoms with Crippen molar-refractivity contribution in [2.45, 2.75) is 25.2 Å². The average Bonchev–Trinajstić information content (AvgIpc) is 3.64. The quantitative estimate of drug-likeness (QED) is 0.118. The van der Waals surface area contributed by atoms with Crippen LogP contribution in [0, 0.1) is 5.92 Å². The molecule has 3 aromatic rings. The minimum atomic E-state index is -3.02. The third kappa shape index (κ3) is 7.97. The van der Waals surface area contributed by atoms with Crippen LogP contribution in [0.4, 0.5) is 17.2 Å². The Labute approximate surface area is 235 Å². The number of anilines is 3. The fourth-order valence-corrected chi connectivity index (χ4v) is 3.64. The lowest BCUT2D eigenvalue weighted by molar-refractivity contribution is -0.122. The third-order valence-electron chi connectivity index (χ3n) is 5.60. The number of ether oxygens (including phenoxy) is 1. The van der Waals surface area contributed by atoms with E-state index in [1.54, 1.807) is 42.5 Å². The highest BCUT2D eigenvalue weighted by Gasteiger charge is 2.30. The largest absolute Gasteiger partial charge is 0.494 e. The number of benzene rings is 1. The number of amides is 3. The van der Waals surface area contributed by atoms with Crippen LogP contribution in [0.5, 0.6) is 5.75 Å². The summed E-state index contributed by atoms with van der Waals surface area (Å²) in [7, 11) is 10.0. The van der Waals surface area contributed by atoms with E-state index in [4.69, 9.17) is 17.1 Å². The van der Waals surface area contributed by atoms with Gasteiger partial charge < -0.3 is 45.6 Å². The Bertz CT molecular complexity index is 1440. The summed E-state index contributed by atoms with van der Waals surface area (Å²) >= 11 is 0. The molecule has 16 nitrogen and oxygen atoms in total. The first kappa shape index (κ1) is 29.4. The number of aromatic nitrogens is 4. The van der Waals surface area contributed by atoms with Gasteiger partial charge in [-0.25, -0.2) is 0 Å². The van der Waals surface area contributed by atoms with E-state index >= 15 is 0 Å². The lowest BCUT2D eigenvalue weighted by Crippen LogP contribution is -2.49. The summed E-state index contributed by atoms with van der Waals surface area (Å²) in [5.74, 6) is -4.02. The molecular formula is C24H28BN9O7. The fraction of sp³-hybridized carbons (Fsp3) is 0.375. The summed E-state index contributed by atoms with van der Waals surface area (Å²) in [4.78, 5) is 42.9. The van der Waals surface area contributed by atoms with Crippen molar-refractivity contribution < 1.29 is 33.9 Å². The van der Waals surface area contributed by atoms with Crippen molar-refractivity contribution in [2.24, 2.45) is 5.92 Å². The average molecular weight is 565 g/mol. The third-order valence-corrected chi connectivity index (χ3v) is 5.60. The summed E-state index contributed by atoms with van der Waals surface area (Å²) in [6, 6.07) is 6.28. The monoisotopic (exact) mass is 565 g/mol. The lowest BCUT2D eigenvalue weighted by Gasteiger charge is -2.20. The molecule has 41 heavy (non-hydrogen) atoms. The highest BCUT2D eigenvalue weighted by molar-refractivity contribution is 6.15. The van der Waals surface area contributed by atoms with Crippen molar-refractivity contribution >= 4 is 42.8 Å². The Kier molecular flexibility index (Phi) is 8.80. The Morgan fingerprint density at radius 2 is 1.95 bits per heavy atom. The molecule has 2 aromatic heterocycles. The van der Waals surface area contributed by atoms with E-state index in [1.165, 1.54) is 13.2 Å². The highest BCUT2D eigenvalue weighted by atomic mass is 16.5. The molecule has 6 N–H and O–H groups in total. The number of nitrogens with zero attached hydrogens (tertiary/aromatic N) is 5. The molecule has 2 radical (unpaired) electrons. The highest BCUT2D eigenvalue weighted by Crippen LogP contribution is 2.38. The van der Waals surface area contributed by atoms with Crippen LogP contribution in [0.25, 0.3) is 11.5 Å². The second-order valence-electron chi connectivity index (χ2n) is 9.48. The topological polar surface area (TPSA) is 217 Å². The molecule has 1 fully saturated rings. The van der Waals surface area contributed by atoms with Crippen LogP contribution in [-0.4, -0.2) is 94.6 Å². The van der Waals surface area contributed by atoms with Crippen molar-refractivity contribution in [3.63, 3.8) is 0 Å². The number of nitrogens with one attached hydrogen (secondary N) is 4. The van der Waals surface area contributed by atoms with E-state index < -0.39 is 11.7 Å². The van der Waals surface area contributed by atoms with Gasteiger partial charge in [-0.2, -0.15) is 4.98 Å². The first-order valence-electron chi connectivity index (χ1n) is 12.4. The molecule has 0 saturated heterocycles. The van der Waals surface area contributed by atoms with Crippen LogP contribution >= 0.6 is 0 Å². The molecule has 214 valence electrons. The molecule has 1 saturated carbocycles. The maximum absolute atomic E-state index is 12.7. The van der Waals surface area contributed by atoms with Crippen molar-refractivity contribution in [3.05, 3.63) is 35.8 Å². The van der Waals surface area contributed by atoms with Crippen LogP contribution < -0.4 is 26.0 Å². The van der Waals surface area contributed by atoms with Crippen LogP contribution in [0.1, 0.15) is 29.2 Å². The molecule has 4 rings (SSSR count). The predicted octanol–water partition coefficient (Wildman–Crippen LogP) is -0.701. The van der Waals surface area contributed by atoms with Crippen LogP contribution in [0.2, 0.25) is 0 Å². The number of carbonyl (C=O) groups excluding carboxylic acids is 3. The minimum Gasteiger partial charge on any atom is -0.494 e. The number of aliphatic hydroxyl groups is 2. The van der Waals surface area contributed by atoms with E-state index in [0.29, 0.717) is 11.3 Å². The SMILES string of the molecule is [B]C(O)(O)NC(=O)c1nnc(NC(=O)C2CC2)cc1Nc1cccc(-c2nc(CNC(=O)CN(C)C)no2)c1OC. The molecule has 0 aliphatic heterocycles. The van der Waals surface area contributed by atoms with E-state index in [-0.39, 0.29) is 65.5 Å². The first-order valence-corrected chi connectivity index (χ1v) is 12.4. The summed E-state index contributed by atoms with van der Waals surface area (Å²) in [5.41, 5.74) is 0.363. The van der Waals surface area contributed by atoms with Gasteiger partial charge in [-0.15, -0.1) is 10.2 Å². The minimum absolute atomic E-state index is 0.0260. The normalized spacial score (nSPS) is 13.0. The van der Waals surface area contributed by atoms with E-state index in [2.05, 4.69) is 36.3 Å². The molecule has 0 bridgehead atoms. The van der Waals surface area contributed by atoms with E-state index in [1.807, 2.05) is 0 Å². The fourth-order valence-electron chi connectivity index (χ4n) is 3.64. The number of likely N-dealkylation sites (N-methyl/N-ethyl adjacent to an activating group) is 1. The van der Waals surface area contributed by atoms with Crippen molar-refractivity contribution in [1.82, 2.24) is 35.9 Å². The molecule has 1 aliphatic carbocycles. The first-order chi connectivity index (χ1) is 19.4. The van der Waals surface area contributed by atoms with Gasteiger partial charge in [0.15, 0.2) is 36.7 Å². The Hall–Kier alpha value is -4.61. The van der Waals surface area contributed by atoms with E-state index in [9.17, 15) is 24.6 Å². The summed E-state index contributed by atoms with van der Waals surface area (Å²) in [5, 5.41) is 40.6. The Morgan fingerprint density at radius 1 is 1.20 bits per heavy atom. The van der Waals surface area contributed by atoms with Gasteiger partial charge in [0.05, 0.1) is 37.1 Å². The predicted molar refractivity (Wildman–Crippen MR) is 144 cm³/mol. The zero-order valence-electron chi connectivity index (χ0n) is 22.5. The number of carbonyl (C=O) groups is 3. The van der Waals surface area contributed by atoms with Gasteiger partial charge in [0.1, 0.15) is 0 Å². The Balaban J connectivity index is 1.62. The molecule has 0 unspecified atom stereocenters. The van der Waals surface area contributed by atoms with Gasteiger partial charge >= 0.3 is 0 Å². The van der Waals surface area contributed by atoms with Gasteiger partial charge in [0.25, 0.3) is 11.8 Å². The van der Waals surface area contributed by atoms with Crippen molar-refractivity contribution in [3.8, 4) is 17.2 Å². The second-order valence-corrected chi connectivity index (χ2v) is 9.48. The lowest BCUT2D eigenvalue weighted by atomic mass is 10.0. The molecule has 2 heterocycles. The summed E-state index contributed by atoms with van der Waals surface area (Å²) in [6.07, 6.45) is 1.53. The molecule has 1 aromatic carbocycles. The standard InChI is InChI=1S/C24H28BN9O7/c1-34(2)11-18(35)26-10-17-29-23(41-33-17)13-5-4-6-14(20(13)40-3)27-15-9-16(28-21(36)12-7-8-12)31-32-19(15)22(37)30-24(25,38)39/h4-6,9,12,38-39H,7-8,10-11H2,1-3H3,(H,26,35)(H,30,37)(H2,27,28,31,36). The zero-order chi connectivity index (χ0) is 29.7. The molecule has 17 heteroatoms. The number of para-hydroxylation sites is 1. The van der Waals surface area contributed by atoms with Gasteiger partial charge in [-0.05, 0) is 39.1 Å². The smallest absolute Gasteiger partial charge is 0.277 e. The summed E-state index contributed by atoms with van der Waals surface area (Å²) in [6.45, 7) is 0.246.